The first-order valence-electron chi connectivity index (χ1n) is 28.5. The molecule has 0 atom stereocenters. The summed E-state index contributed by atoms with van der Waals surface area (Å²) >= 11 is 0. The molecule has 0 N–H and O–H groups in total. The maximum atomic E-state index is 7.19. The fourth-order valence-corrected chi connectivity index (χ4v) is 11.1. The molecule has 0 saturated heterocycles. The molecule has 0 saturated carbocycles. The Kier molecular flexibility index (Phi) is 15.4. The Hall–Kier alpha value is -6.42. The summed E-state index contributed by atoms with van der Waals surface area (Å²) in [6, 6.07) is 59.7. The van der Waals surface area contributed by atoms with Crippen LogP contribution in [0.2, 0.25) is 0 Å². The first-order chi connectivity index (χ1) is 36.9. The molecular weight excluding hydrogens is 1160 g/mol. The Morgan fingerprint density at radius 2 is 1.09 bits per heavy atom. The predicted molar refractivity (Wildman–Crippen MR) is 336 cm³/mol. The zero-order valence-corrected chi connectivity index (χ0v) is 53.1. The largest absolute Gasteiger partial charge is 0.509 e. The van der Waals surface area contributed by atoms with Crippen LogP contribution in [0.3, 0.4) is 0 Å². The number of hydrogen-bond acceptors (Lipinski definition) is 4. The normalized spacial score (nSPS) is 13.5. The monoisotopic (exact) mass is 1240 g/mol. The Morgan fingerprint density at radius 3 is 1.71 bits per heavy atom. The SMILES string of the molecule is CC(C)(C)Cc1ccc2c(c1)c1cc(CC(C)(C)C)c(Oc3[c-]c(N4[CH-]N(c5c(-c6ccc(C(C)(C)C)cc6)cc(C(C)(C)C)cc5-c5cccc(C(C)(C)C)c5)c5ccccc54)ccc3)[c-]c1n2-c1cc(C(C)(C)C)ccn1.[Pt]. The van der Waals surface area contributed by atoms with Crippen LogP contribution < -0.4 is 14.5 Å². The Morgan fingerprint density at radius 1 is 0.487 bits per heavy atom. The van der Waals surface area contributed by atoms with Gasteiger partial charge in [0.2, 0.25) is 0 Å². The summed E-state index contributed by atoms with van der Waals surface area (Å²) in [5.41, 5.74) is 18.4. The molecule has 0 fully saturated rings. The molecule has 5 nitrogen and oxygen atoms in total. The van der Waals surface area contributed by atoms with Crippen LogP contribution in [-0.2, 0) is 55.6 Å². The number of fused-ring (bicyclic) bond motifs is 4. The van der Waals surface area contributed by atoms with Gasteiger partial charge in [-0.2, -0.15) is 12.1 Å². The van der Waals surface area contributed by atoms with Crippen molar-refractivity contribution >= 4 is 44.6 Å². The van der Waals surface area contributed by atoms with E-state index in [1.807, 2.05) is 12.3 Å². The third-order valence-corrected chi connectivity index (χ3v) is 15.4. The van der Waals surface area contributed by atoms with Gasteiger partial charge in [-0.05, 0) is 126 Å². The second-order valence-corrected chi connectivity index (χ2v) is 28.9. The van der Waals surface area contributed by atoms with Crippen molar-refractivity contribution in [3.8, 4) is 39.6 Å². The molecular formula is C74H83N4OPt-3. The van der Waals surface area contributed by atoms with E-state index in [0.29, 0.717) is 11.5 Å². The molecule has 0 bridgehead atoms. The molecule has 10 rings (SSSR count). The van der Waals surface area contributed by atoms with E-state index in [-0.39, 0.29) is 53.6 Å². The second kappa shape index (κ2) is 21.2. The molecule has 3 heterocycles. The zero-order valence-electron chi connectivity index (χ0n) is 50.9. The van der Waals surface area contributed by atoms with E-state index in [1.54, 1.807) is 0 Å². The minimum Gasteiger partial charge on any atom is -0.509 e. The van der Waals surface area contributed by atoms with E-state index < -0.39 is 0 Å². The van der Waals surface area contributed by atoms with Crippen molar-refractivity contribution in [3.05, 3.63) is 198 Å². The molecule has 1 aliphatic heterocycles. The van der Waals surface area contributed by atoms with Gasteiger partial charge in [0.1, 0.15) is 5.82 Å². The molecule has 0 aliphatic carbocycles. The summed E-state index contributed by atoms with van der Waals surface area (Å²) in [5.74, 6) is 2.17. The van der Waals surface area contributed by atoms with Gasteiger partial charge in [-0.1, -0.05) is 209 Å². The van der Waals surface area contributed by atoms with Gasteiger partial charge in [-0.25, -0.2) is 4.98 Å². The van der Waals surface area contributed by atoms with Crippen molar-refractivity contribution in [3.63, 3.8) is 0 Å². The van der Waals surface area contributed by atoms with Crippen molar-refractivity contribution < 1.29 is 25.8 Å². The summed E-state index contributed by atoms with van der Waals surface area (Å²) < 4.78 is 9.48. The van der Waals surface area contributed by atoms with Crippen LogP contribution in [0.4, 0.5) is 22.7 Å². The van der Waals surface area contributed by atoms with Gasteiger partial charge in [-0.15, -0.1) is 47.6 Å². The number of rotatable bonds is 9. The van der Waals surface area contributed by atoms with E-state index in [1.165, 1.54) is 55.5 Å². The number of anilines is 4. The zero-order chi connectivity index (χ0) is 56.8. The van der Waals surface area contributed by atoms with Crippen molar-refractivity contribution in [2.24, 2.45) is 10.8 Å². The molecule has 80 heavy (non-hydrogen) atoms. The number of aromatic nitrogens is 2. The first-order valence-corrected chi connectivity index (χ1v) is 28.5. The second-order valence-electron chi connectivity index (χ2n) is 28.9. The third kappa shape index (κ3) is 12.1. The van der Waals surface area contributed by atoms with E-state index in [2.05, 4.69) is 291 Å². The molecule has 9 aromatic rings. The number of para-hydroxylation sites is 2. The van der Waals surface area contributed by atoms with Gasteiger partial charge in [-0.3, -0.25) is 0 Å². The van der Waals surface area contributed by atoms with Crippen LogP contribution in [0.1, 0.15) is 158 Å². The molecule has 418 valence electrons. The van der Waals surface area contributed by atoms with Gasteiger partial charge in [0.25, 0.3) is 0 Å². The van der Waals surface area contributed by atoms with Crippen LogP contribution >= 0.6 is 0 Å². The fourth-order valence-electron chi connectivity index (χ4n) is 11.1. The molecule has 7 aromatic carbocycles. The van der Waals surface area contributed by atoms with Crippen LogP contribution in [-0.4, -0.2) is 9.55 Å². The van der Waals surface area contributed by atoms with E-state index >= 15 is 0 Å². The minimum absolute atomic E-state index is 0. The van der Waals surface area contributed by atoms with Crippen LogP contribution in [0, 0.1) is 29.6 Å². The number of benzene rings is 7. The standard InChI is InChI=1S/C74H83N4O.Pt/c1-69(2,3)45-48-29-34-62-60(37-48)61-39-51(46-70(4,5)6)66(44-65(61)78(62)67-42-54(35-36-75-67)73(13,14)15)79-57-26-22-25-56(43-57)76-47-77(64-28-20-19-27-63(64)76)68-58(49-30-32-52(33-31-49)71(7,8)9)40-55(74(16,17)18)41-59(68)50-23-21-24-53(38-50)72(10,11)12;/h19-42,47H,45-46H2,1-18H3;/q-3;. The van der Waals surface area contributed by atoms with Gasteiger partial charge >= 0.3 is 0 Å². The van der Waals surface area contributed by atoms with Crippen LogP contribution in [0.5, 0.6) is 11.5 Å². The smallest absolute Gasteiger partial charge is 0.135 e. The summed E-state index contributed by atoms with van der Waals surface area (Å²) in [5, 5.41) is 2.34. The Balaban J connectivity index is 0.00000774. The third-order valence-electron chi connectivity index (χ3n) is 15.4. The average molecular weight is 1240 g/mol. The van der Waals surface area contributed by atoms with Gasteiger partial charge < -0.3 is 19.1 Å². The molecule has 1 aliphatic rings. The van der Waals surface area contributed by atoms with Gasteiger partial charge in [0.15, 0.2) is 0 Å². The maximum Gasteiger partial charge on any atom is 0.135 e. The summed E-state index contributed by atoms with van der Waals surface area (Å²) in [4.78, 5) is 9.72. The molecule has 0 radical (unpaired) electrons. The van der Waals surface area contributed by atoms with Crippen molar-refractivity contribution in [2.45, 2.75) is 159 Å². The molecule has 6 heteroatoms. The van der Waals surface area contributed by atoms with Crippen molar-refractivity contribution in [1.29, 1.82) is 0 Å². The maximum absolute atomic E-state index is 7.19. The van der Waals surface area contributed by atoms with Crippen molar-refractivity contribution in [1.82, 2.24) is 9.55 Å². The average Bonchev–Trinajstić information content (AvgIpc) is 4.07. The topological polar surface area (TPSA) is 33.5 Å². The van der Waals surface area contributed by atoms with E-state index in [4.69, 9.17) is 9.72 Å². The number of nitrogens with zero attached hydrogens (tertiary/aromatic N) is 4. The van der Waals surface area contributed by atoms with Gasteiger partial charge in [0.05, 0.1) is 0 Å². The number of pyridine rings is 1. The van der Waals surface area contributed by atoms with Crippen LogP contribution in [0.15, 0.2) is 146 Å². The van der Waals surface area contributed by atoms with E-state index in [9.17, 15) is 0 Å². The van der Waals surface area contributed by atoms with E-state index in [0.717, 1.165) is 63.4 Å². The number of hydrogen-bond donors (Lipinski definition) is 0. The molecule has 2 aromatic heterocycles. The first kappa shape index (κ1) is 58.2. The fraction of sp³-hybridized carbons (Fsp3) is 0.351. The predicted octanol–water partition coefficient (Wildman–Crippen LogP) is 20.7. The number of ether oxygens (including phenoxy) is 1. The molecule has 0 amide bonds. The Labute approximate surface area is 494 Å². The quantitative estimate of drug-likeness (QED) is 0.135. The molecule has 0 unspecified atom stereocenters. The van der Waals surface area contributed by atoms with Crippen molar-refractivity contribution in [2.75, 3.05) is 9.80 Å². The molecule has 0 spiro atoms. The summed E-state index contributed by atoms with van der Waals surface area (Å²) in [7, 11) is 0. The Bertz CT molecular complexity index is 3740. The van der Waals surface area contributed by atoms with Crippen LogP contribution in [0.25, 0.3) is 49.9 Å². The van der Waals surface area contributed by atoms with Gasteiger partial charge in [0, 0.05) is 72.5 Å². The minimum atomic E-state index is -0.113. The summed E-state index contributed by atoms with van der Waals surface area (Å²) in [6.07, 6.45) is 3.71. The summed E-state index contributed by atoms with van der Waals surface area (Å²) in [6.45, 7) is 43.5.